The molecule has 3 aromatic carbocycles. The zero-order chi connectivity index (χ0) is 26.1. The fraction of sp³-hybridized carbons (Fsp3) is 0.241. The van der Waals surface area contributed by atoms with E-state index in [1.54, 1.807) is 15.6 Å². The number of ether oxygens (including phenoxy) is 2. The molecular weight excluding hydrogens is 468 g/mol. The number of aromatic nitrogens is 3. The third-order valence-corrected chi connectivity index (χ3v) is 7.03. The zero-order valence-corrected chi connectivity index (χ0v) is 21.3. The highest BCUT2D eigenvalue weighted by Gasteiger charge is 2.47. The largest absolute Gasteiger partial charge is 0.493 e. The monoisotopic (exact) mass is 494 g/mol. The van der Waals surface area contributed by atoms with E-state index in [1.807, 2.05) is 54.6 Å². The molecule has 186 valence electrons. The summed E-state index contributed by atoms with van der Waals surface area (Å²) in [5.74, 6) is 1.01. The number of fused-ring (bicyclic) bond motifs is 8. The van der Waals surface area contributed by atoms with Crippen molar-refractivity contribution in [3.05, 3.63) is 87.7 Å². The molecule has 0 N–H and O–H groups in total. The van der Waals surface area contributed by atoms with Crippen LogP contribution in [0.2, 0.25) is 0 Å². The van der Waals surface area contributed by atoms with Crippen molar-refractivity contribution in [1.82, 2.24) is 14.8 Å². The van der Waals surface area contributed by atoms with Gasteiger partial charge in [0.15, 0.2) is 29.2 Å². The molecule has 2 aliphatic heterocycles. The van der Waals surface area contributed by atoms with Crippen LogP contribution in [0.5, 0.6) is 11.5 Å². The predicted molar refractivity (Wildman–Crippen MR) is 140 cm³/mol. The van der Waals surface area contributed by atoms with Gasteiger partial charge in [-0.15, -0.1) is 0 Å². The van der Waals surface area contributed by atoms with Crippen molar-refractivity contribution in [2.24, 2.45) is 0 Å². The number of methoxy groups -OCH3 is 2. The van der Waals surface area contributed by atoms with Crippen LogP contribution in [0.3, 0.4) is 0 Å². The lowest BCUT2D eigenvalue weighted by Gasteiger charge is -2.34. The van der Waals surface area contributed by atoms with Crippen LogP contribution in [-0.4, -0.2) is 34.9 Å². The van der Waals surface area contributed by atoms with Crippen molar-refractivity contribution in [2.45, 2.75) is 32.4 Å². The standard InChI is InChI=1S/C29H26N4O4/c1-29(2,3)17-12-10-16(11-13-17)23-26(34)30-25-18-8-6-7-9-20(18)32-27(33(25)31-23)19-14-15-21(36-4)24(37-5)22(19)28(32)35/h6-15,27H,1-5H3/t27-/m0/s1. The fourth-order valence-electron chi connectivity index (χ4n) is 5.17. The predicted octanol–water partition coefficient (Wildman–Crippen LogP) is 4.81. The number of carbonyl (C=O) groups is 1. The Bertz CT molecular complexity index is 1630. The molecule has 0 unspecified atom stereocenters. The van der Waals surface area contributed by atoms with E-state index < -0.39 is 11.7 Å². The van der Waals surface area contributed by atoms with E-state index in [0.717, 1.165) is 5.56 Å². The third kappa shape index (κ3) is 3.28. The molecule has 4 aromatic rings. The third-order valence-electron chi connectivity index (χ3n) is 7.03. The van der Waals surface area contributed by atoms with Crippen LogP contribution in [0.1, 0.15) is 48.4 Å². The molecular formula is C29H26N4O4. The minimum Gasteiger partial charge on any atom is -0.493 e. The molecule has 0 aliphatic carbocycles. The second-order valence-corrected chi connectivity index (χ2v) is 10.2. The first-order valence-electron chi connectivity index (χ1n) is 12.0. The van der Waals surface area contributed by atoms with Gasteiger partial charge in [-0.25, -0.2) is 4.68 Å². The van der Waals surface area contributed by atoms with Crippen LogP contribution in [-0.2, 0) is 5.41 Å². The molecule has 0 spiro atoms. The van der Waals surface area contributed by atoms with Crippen LogP contribution < -0.4 is 19.9 Å². The van der Waals surface area contributed by atoms with Gasteiger partial charge in [0, 0.05) is 16.7 Å². The maximum Gasteiger partial charge on any atom is 0.300 e. The minimum atomic E-state index is -0.632. The van der Waals surface area contributed by atoms with E-state index >= 15 is 0 Å². The normalized spacial score (nSPS) is 15.5. The van der Waals surface area contributed by atoms with E-state index in [-0.39, 0.29) is 17.0 Å². The summed E-state index contributed by atoms with van der Waals surface area (Å²) in [6, 6.07) is 18.8. The average molecular weight is 495 g/mol. The summed E-state index contributed by atoms with van der Waals surface area (Å²) in [6.07, 6.45) is -0.632. The summed E-state index contributed by atoms with van der Waals surface area (Å²) in [5, 5.41) is 4.82. The SMILES string of the molecule is COc1ccc2c(c1OC)C(=O)N1c3ccccc3-c3nc(=O)c(-c4ccc(C(C)(C)C)cc4)nn3[C@@H]21. The summed E-state index contributed by atoms with van der Waals surface area (Å²) in [4.78, 5) is 33.3. The Kier molecular flexibility index (Phi) is 4.98. The first kappa shape index (κ1) is 23.0. The number of amides is 1. The van der Waals surface area contributed by atoms with E-state index in [9.17, 15) is 9.59 Å². The van der Waals surface area contributed by atoms with Crippen LogP contribution in [0.25, 0.3) is 22.6 Å². The molecule has 37 heavy (non-hydrogen) atoms. The molecule has 3 heterocycles. The summed E-state index contributed by atoms with van der Waals surface area (Å²) in [5.41, 5.74) is 4.03. The Morgan fingerprint density at radius 1 is 0.892 bits per heavy atom. The van der Waals surface area contributed by atoms with E-state index in [1.165, 1.54) is 14.2 Å². The average Bonchev–Trinajstić information content (AvgIpc) is 3.20. The lowest BCUT2D eigenvalue weighted by Crippen LogP contribution is -2.39. The molecule has 0 bridgehead atoms. The van der Waals surface area contributed by atoms with Gasteiger partial charge in [0.1, 0.15) is 0 Å². The number of hydrogen-bond acceptors (Lipinski definition) is 6. The van der Waals surface area contributed by atoms with Crippen LogP contribution >= 0.6 is 0 Å². The van der Waals surface area contributed by atoms with Gasteiger partial charge in [0.2, 0.25) is 0 Å². The van der Waals surface area contributed by atoms with Gasteiger partial charge in [-0.3, -0.25) is 14.5 Å². The number of hydrogen-bond donors (Lipinski definition) is 0. The van der Waals surface area contributed by atoms with Gasteiger partial charge in [0.05, 0.1) is 25.5 Å². The quantitative estimate of drug-likeness (QED) is 0.406. The highest BCUT2D eigenvalue weighted by molar-refractivity contribution is 6.15. The number of rotatable bonds is 3. The molecule has 0 radical (unpaired) electrons. The molecule has 6 rings (SSSR count). The van der Waals surface area contributed by atoms with Crippen molar-refractivity contribution in [3.8, 4) is 34.1 Å². The lowest BCUT2D eigenvalue weighted by atomic mass is 9.86. The van der Waals surface area contributed by atoms with Gasteiger partial charge >= 0.3 is 0 Å². The number of benzene rings is 3. The van der Waals surface area contributed by atoms with Crippen LogP contribution in [0.4, 0.5) is 5.69 Å². The Morgan fingerprint density at radius 2 is 1.62 bits per heavy atom. The van der Waals surface area contributed by atoms with Crippen molar-refractivity contribution in [2.75, 3.05) is 19.1 Å². The topological polar surface area (TPSA) is 86.6 Å². The van der Waals surface area contributed by atoms with E-state index in [2.05, 4.69) is 25.8 Å². The fourth-order valence-corrected chi connectivity index (χ4v) is 5.17. The maximum atomic E-state index is 13.9. The molecule has 8 nitrogen and oxygen atoms in total. The molecule has 0 saturated heterocycles. The smallest absolute Gasteiger partial charge is 0.300 e. The Hall–Kier alpha value is -4.46. The van der Waals surface area contributed by atoms with E-state index in [0.29, 0.717) is 45.3 Å². The summed E-state index contributed by atoms with van der Waals surface area (Å²) < 4.78 is 12.7. The number of nitrogens with zero attached hydrogens (tertiary/aromatic N) is 4. The molecule has 1 amide bonds. The molecule has 8 heteroatoms. The summed E-state index contributed by atoms with van der Waals surface area (Å²) in [7, 11) is 3.05. The van der Waals surface area contributed by atoms with Gasteiger partial charge < -0.3 is 9.47 Å². The molecule has 0 saturated carbocycles. The Labute approximate surface area is 214 Å². The van der Waals surface area contributed by atoms with Gasteiger partial charge in [-0.2, -0.15) is 10.1 Å². The molecule has 0 fully saturated rings. The van der Waals surface area contributed by atoms with Crippen molar-refractivity contribution < 1.29 is 14.3 Å². The highest BCUT2D eigenvalue weighted by Crippen LogP contribution is 2.50. The molecule has 1 aromatic heterocycles. The van der Waals surface area contributed by atoms with Gasteiger partial charge in [0.25, 0.3) is 11.5 Å². The summed E-state index contributed by atoms with van der Waals surface area (Å²) in [6.45, 7) is 6.41. The molecule has 2 aliphatic rings. The van der Waals surface area contributed by atoms with Crippen LogP contribution in [0, 0.1) is 0 Å². The van der Waals surface area contributed by atoms with Crippen LogP contribution in [0.15, 0.2) is 65.5 Å². The first-order chi connectivity index (χ1) is 17.7. The summed E-state index contributed by atoms with van der Waals surface area (Å²) >= 11 is 0. The number of carbonyl (C=O) groups excluding carboxylic acids is 1. The Morgan fingerprint density at radius 3 is 2.30 bits per heavy atom. The maximum absolute atomic E-state index is 13.9. The number of para-hydroxylation sites is 1. The second-order valence-electron chi connectivity index (χ2n) is 10.2. The Balaban J connectivity index is 1.61. The van der Waals surface area contributed by atoms with Crippen molar-refractivity contribution in [3.63, 3.8) is 0 Å². The van der Waals surface area contributed by atoms with Crippen molar-refractivity contribution in [1.29, 1.82) is 0 Å². The zero-order valence-electron chi connectivity index (χ0n) is 21.3. The minimum absolute atomic E-state index is 0.0205. The van der Waals surface area contributed by atoms with Gasteiger partial charge in [-0.1, -0.05) is 63.2 Å². The number of anilines is 1. The first-order valence-corrected chi connectivity index (χ1v) is 12.0. The van der Waals surface area contributed by atoms with Gasteiger partial charge in [-0.05, 0) is 29.2 Å². The van der Waals surface area contributed by atoms with Crippen molar-refractivity contribution >= 4 is 11.6 Å². The second kappa shape index (κ2) is 8.03. The highest BCUT2D eigenvalue weighted by atomic mass is 16.5. The molecule has 1 atom stereocenters. The van der Waals surface area contributed by atoms with E-state index in [4.69, 9.17) is 14.6 Å². The lowest BCUT2D eigenvalue weighted by molar-refractivity contribution is 0.0983.